The molecule has 1 aliphatic rings. The minimum Gasteiger partial charge on any atom is -0.493 e. The van der Waals surface area contributed by atoms with Gasteiger partial charge in [0.25, 0.3) is 11.5 Å². The summed E-state index contributed by atoms with van der Waals surface area (Å²) >= 11 is 0. The fraction of sp³-hybridized carbons (Fsp3) is 0.350. The topological polar surface area (TPSA) is 115 Å². The van der Waals surface area contributed by atoms with Gasteiger partial charge in [-0.1, -0.05) is 0 Å². The van der Waals surface area contributed by atoms with Crippen molar-refractivity contribution in [2.24, 2.45) is 5.73 Å². The first kappa shape index (κ1) is 19.5. The Labute approximate surface area is 162 Å². The van der Waals surface area contributed by atoms with Gasteiger partial charge in [-0.05, 0) is 48.7 Å². The Hall–Kier alpha value is -3.29. The van der Waals surface area contributed by atoms with Gasteiger partial charge in [-0.15, -0.1) is 0 Å². The molecule has 2 amide bonds. The van der Waals surface area contributed by atoms with Gasteiger partial charge in [0.2, 0.25) is 5.91 Å². The number of methoxy groups -OCH3 is 2. The van der Waals surface area contributed by atoms with Gasteiger partial charge in [-0.3, -0.25) is 14.4 Å². The van der Waals surface area contributed by atoms with E-state index in [1.807, 2.05) is 0 Å². The number of rotatable bonds is 4. The first-order chi connectivity index (χ1) is 13.3. The van der Waals surface area contributed by atoms with Crippen molar-refractivity contribution in [3.8, 4) is 11.5 Å². The highest BCUT2D eigenvalue weighted by Crippen LogP contribution is 2.35. The fourth-order valence-corrected chi connectivity index (χ4v) is 3.64. The van der Waals surface area contributed by atoms with Crippen LogP contribution in [0.15, 0.2) is 23.0 Å². The van der Waals surface area contributed by atoms with Gasteiger partial charge in [0, 0.05) is 18.7 Å². The molecule has 148 valence electrons. The third-order valence-electron chi connectivity index (χ3n) is 5.00. The number of pyridine rings is 1. The number of aromatic amines is 1. The molecule has 2 heterocycles. The zero-order valence-corrected chi connectivity index (χ0v) is 16.3. The number of carbonyl (C=O) groups is 2. The summed E-state index contributed by atoms with van der Waals surface area (Å²) in [5, 5.41) is 0. The third-order valence-corrected chi connectivity index (χ3v) is 5.00. The number of H-pyrrole nitrogens is 1. The number of hydrogen-bond donors (Lipinski definition) is 2. The molecule has 0 aliphatic carbocycles. The van der Waals surface area contributed by atoms with Crippen molar-refractivity contribution in [1.82, 2.24) is 9.88 Å². The molecule has 1 atom stereocenters. The maximum absolute atomic E-state index is 13.2. The van der Waals surface area contributed by atoms with E-state index in [0.29, 0.717) is 22.8 Å². The van der Waals surface area contributed by atoms with Crippen LogP contribution in [0.1, 0.15) is 32.7 Å². The quantitative estimate of drug-likeness (QED) is 0.817. The van der Waals surface area contributed by atoms with Crippen LogP contribution in [0.2, 0.25) is 0 Å². The lowest BCUT2D eigenvalue weighted by Gasteiger charge is -2.35. The van der Waals surface area contributed by atoms with Gasteiger partial charge < -0.3 is 25.1 Å². The summed E-state index contributed by atoms with van der Waals surface area (Å²) in [6, 6.07) is 4.42. The van der Waals surface area contributed by atoms with E-state index in [4.69, 9.17) is 15.2 Å². The molecule has 2 aromatic rings. The number of aromatic nitrogens is 1. The van der Waals surface area contributed by atoms with Gasteiger partial charge in [-0.25, -0.2) is 0 Å². The predicted molar refractivity (Wildman–Crippen MR) is 103 cm³/mol. The molecule has 1 aliphatic heterocycles. The Morgan fingerprint density at radius 2 is 1.71 bits per heavy atom. The molecular weight excluding hydrogens is 362 g/mol. The van der Waals surface area contributed by atoms with Crippen molar-refractivity contribution in [2.45, 2.75) is 32.9 Å². The Kier molecular flexibility index (Phi) is 5.13. The zero-order valence-electron chi connectivity index (χ0n) is 16.3. The molecule has 0 bridgehead atoms. The van der Waals surface area contributed by atoms with Crippen molar-refractivity contribution in [3.63, 3.8) is 0 Å². The van der Waals surface area contributed by atoms with Crippen LogP contribution in [0.3, 0.4) is 0 Å². The zero-order chi connectivity index (χ0) is 20.6. The molecule has 0 saturated heterocycles. The summed E-state index contributed by atoms with van der Waals surface area (Å²) < 4.78 is 10.7. The largest absolute Gasteiger partial charge is 0.493 e. The molecule has 3 rings (SSSR count). The minimum atomic E-state index is -0.863. The summed E-state index contributed by atoms with van der Waals surface area (Å²) in [5.41, 5.74) is 7.98. The number of primary amides is 1. The highest BCUT2D eigenvalue weighted by atomic mass is 16.5. The van der Waals surface area contributed by atoms with Crippen LogP contribution < -0.4 is 20.8 Å². The number of hydrogen-bond acceptors (Lipinski definition) is 5. The van der Waals surface area contributed by atoms with Crippen molar-refractivity contribution in [1.29, 1.82) is 0 Å². The van der Waals surface area contributed by atoms with Crippen LogP contribution >= 0.6 is 0 Å². The van der Waals surface area contributed by atoms with E-state index in [1.54, 1.807) is 32.0 Å². The number of nitrogens with one attached hydrogen (secondary N) is 1. The molecule has 0 fully saturated rings. The Morgan fingerprint density at radius 1 is 1.11 bits per heavy atom. The van der Waals surface area contributed by atoms with E-state index in [2.05, 4.69) is 4.98 Å². The van der Waals surface area contributed by atoms with E-state index < -0.39 is 23.4 Å². The van der Waals surface area contributed by atoms with Gasteiger partial charge in [-0.2, -0.15) is 0 Å². The van der Waals surface area contributed by atoms with Crippen LogP contribution in [-0.4, -0.2) is 42.0 Å². The number of ether oxygens (including phenoxy) is 2. The second-order valence-electron chi connectivity index (χ2n) is 6.87. The second kappa shape index (κ2) is 7.38. The minimum absolute atomic E-state index is 0.0146. The molecule has 1 aromatic heterocycles. The molecular formula is C20H23N3O5. The summed E-state index contributed by atoms with van der Waals surface area (Å²) in [4.78, 5) is 41.7. The molecule has 1 aromatic carbocycles. The normalized spacial score (nSPS) is 15.7. The van der Waals surface area contributed by atoms with Gasteiger partial charge >= 0.3 is 0 Å². The smallest absolute Gasteiger partial charge is 0.261 e. The average Bonchev–Trinajstić information content (AvgIpc) is 2.64. The third kappa shape index (κ3) is 3.33. The number of carbonyl (C=O) groups excluding carboxylic acids is 2. The number of fused-ring (bicyclic) bond motifs is 1. The number of aryl methyl sites for hydroxylation is 2. The number of nitrogens with zero attached hydrogens (tertiary/aromatic N) is 1. The summed E-state index contributed by atoms with van der Waals surface area (Å²) in [7, 11) is 3.05. The van der Waals surface area contributed by atoms with Crippen molar-refractivity contribution >= 4 is 11.8 Å². The molecule has 28 heavy (non-hydrogen) atoms. The monoisotopic (exact) mass is 385 g/mol. The maximum Gasteiger partial charge on any atom is 0.261 e. The van der Waals surface area contributed by atoms with Gasteiger partial charge in [0.15, 0.2) is 11.5 Å². The predicted octanol–water partition coefficient (Wildman–Crippen LogP) is 1.06. The Morgan fingerprint density at radius 3 is 2.25 bits per heavy atom. The molecule has 0 radical (unpaired) electrons. The summed E-state index contributed by atoms with van der Waals surface area (Å²) in [6.45, 7) is 3.57. The first-order valence-corrected chi connectivity index (χ1v) is 8.81. The van der Waals surface area contributed by atoms with E-state index in [-0.39, 0.29) is 18.5 Å². The highest BCUT2D eigenvalue weighted by molar-refractivity contribution is 5.98. The number of benzene rings is 1. The number of amides is 2. The molecule has 0 spiro atoms. The standard InChI is InChI=1S/C20H23N3O5/c1-10-5-11(2)22-19(25)17(10)20(26)23-9-13-8-16(28-4)15(27-3)7-12(13)6-14(23)18(21)24/h5,7-8,14H,6,9H2,1-4H3,(H2,21,24)(H,22,25)/t14-/m0/s1. The Balaban J connectivity index is 2.07. The SMILES string of the molecule is COc1cc2c(cc1OC)CN(C(=O)c1c(C)cc(C)[nH]c1=O)[C@H](C(N)=O)C2. The molecule has 0 unspecified atom stereocenters. The average molecular weight is 385 g/mol. The summed E-state index contributed by atoms with van der Waals surface area (Å²) in [5.74, 6) is -0.0939. The van der Waals surface area contributed by atoms with Crippen molar-refractivity contribution in [2.75, 3.05) is 14.2 Å². The maximum atomic E-state index is 13.2. The molecule has 3 N–H and O–H groups in total. The number of nitrogens with two attached hydrogens (primary N) is 1. The van der Waals surface area contributed by atoms with Crippen LogP contribution in [0, 0.1) is 13.8 Å². The fourth-order valence-electron chi connectivity index (χ4n) is 3.64. The molecule has 8 nitrogen and oxygen atoms in total. The Bertz CT molecular complexity index is 1010. The van der Waals surface area contributed by atoms with E-state index in [0.717, 1.165) is 11.1 Å². The van der Waals surface area contributed by atoms with Crippen LogP contribution in [-0.2, 0) is 17.8 Å². The highest BCUT2D eigenvalue weighted by Gasteiger charge is 2.36. The molecule has 8 heteroatoms. The lowest BCUT2D eigenvalue weighted by atomic mass is 9.92. The second-order valence-corrected chi connectivity index (χ2v) is 6.87. The molecule has 0 saturated carbocycles. The van der Waals surface area contributed by atoms with Crippen molar-refractivity contribution in [3.05, 3.63) is 56.5 Å². The van der Waals surface area contributed by atoms with E-state index >= 15 is 0 Å². The van der Waals surface area contributed by atoms with Gasteiger partial charge in [0.1, 0.15) is 11.6 Å². The van der Waals surface area contributed by atoms with E-state index in [1.165, 1.54) is 19.1 Å². The first-order valence-electron chi connectivity index (χ1n) is 8.81. The van der Waals surface area contributed by atoms with Crippen LogP contribution in [0.5, 0.6) is 11.5 Å². The summed E-state index contributed by atoms with van der Waals surface area (Å²) in [6.07, 6.45) is 0.236. The lowest BCUT2D eigenvalue weighted by Crippen LogP contribution is -2.52. The lowest BCUT2D eigenvalue weighted by molar-refractivity contribution is -0.122. The van der Waals surface area contributed by atoms with Crippen molar-refractivity contribution < 1.29 is 19.1 Å². The van der Waals surface area contributed by atoms with Gasteiger partial charge in [0.05, 0.1) is 14.2 Å². The van der Waals surface area contributed by atoms with Crippen LogP contribution in [0.25, 0.3) is 0 Å². The van der Waals surface area contributed by atoms with Crippen LogP contribution in [0.4, 0.5) is 0 Å². The van der Waals surface area contributed by atoms with E-state index in [9.17, 15) is 14.4 Å².